The van der Waals surface area contributed by atoms with Gasteiger partial charge < -0.3 is 9.84 Å². The van der Waals surface area contributed by atoms with Gasteiger partial charge in [-0.3, -0.25) is 4.72 Å². The first-order valence-electron chi connectivity index (χ1n) is 4.50. The minimum absolute atomic E-state index is 0.0656. The third kappa shape index (κ3) is 3.81. The minimum atomic E-state index is -0.618. The normalized spacial score (nSPS) is 11.9. The molecule has 0 saturated carbocycles. The largest absolute Gasteiger partial charge is 0.448 e. The highest BCUT2D eigenvalue weighted by molar-refractivity contribution is 7.78. The zero-order chi connectivity index (χ0) is 11.1. The third-order valence-corrected chi connectivity index (χ3v) is 2.18. The van der Waals surface area contributed by atoms with E-state index >= 15 is 0 Å². The van der Waals surface area contributed by atoms with Gasteiger partial charge in [0.15, 0.2) is 0 Å². The topological polar surface area (TPSA) is 58.6 Å². The van der Waals surface area contributed by atoms with Gasteiger partial charge in [-0.05, 0) is 5.56 Å². The van der Waals surface area contributed by atoms with Crippen LogP contribution in [0.15, 0.2) is 30.3 Å². The second-order valence-corrected chi connectivity index (χ2v) is 3.22. The van der Waals surface area contributed by atoms with E-state index in [-0.39, 0.29) is 19.1 Å². The van der Waals surface area contributed by atoms with Crippen LogP contribution >= 0.6 is 12.8 Å². The molecule has 0 aliphatic carbocycles. The Morgan fingerprint density at radius 2 is 2.13 bits per heavy atom. The van der Waals surface area contributed by atoms with Gasteiger partial charge in [0, 0.05) is 5.92 Å². The summed E-state index contributed by atoms with van der Waals surface area (Å²) in [6.07, 6.45) is -0.618. The summed E-state index contributed by atoms with van der Waals surface area (Å²) in [5.74, 6) is -0.197. The van der Waals surface area contributed by atoms with E-state index in [1.165, 1.54) is 0 Å². The zero-order valence-electron chi connectivity index (χ0n) is 8.09. The summed E-state index contributed by atoms with van der Waals surface area (Å²) in [6, 6.07) is 9.39. The monoisotopic (exact) mass is 227 g/mol. The number of carbonyl (C=O) groups excluding carboxylic acids is 1. The molecule has 0 radical (unpaired) electrons. The molecule has 0 spiro atoms. The van der Waals surface area contributed by atoms with Gasteiger partial charge in [-0.25, -0.2) is 4.79 Å². The average Bonchev–Trinajstić information content (AvgIpc) is 2.31. The van der Waals surface area contributed by atoms with Crippen LogP contribution in [0.2, 0.25) is 0 Å². The summed E-state index contributed by atoms with van der Waals surface area (Å²) in [5, 5.41) is 9.13. The van der Waals surface area contributed by atoms with E-state index in [2.05, 4.69) is 12.8 Å². The molecule has 1 unspecified atom stereocenters. The van der Waals surface area contributed by atoms with Crippen LogP contribution in [0.1, 0.15) is 11.5 Å². The lowest BCUT2D eigenvalue weighted by molar-refractivity contribution is 0.130. The summed E-state index contributed by atoms with van der Waals surface area (Å²) in [7, 11) is 0. The van der Waals surface area contributed by atoms with Gasteiger partial charge >= 0.3 is 6.09 Å². The first-order valence-corrected chi connectivity index (χ1v) is 4.95. The van der Waals surface area contributed by atoms with Crippen molar-refractivity contribution >= 4 is 18.9 Å². The van der Waals surface area contributed by atoms with Crippen LogP contribution in [0.3, 0.4) is 0 Å². The number of rotatable bonds is 4. The highest BCUT2D eigenvalue weighted by Crippen LogP contribution is 2.14. The molecule has 0 fully saturated rings. The Morgan fingerprint density at radius 3 is 2.67 bits per heavy atom. The van der Waals surface area contributed by atoms with Gasteiger partial charge in [0.05, 0.1) is 6.61 Å². The van der Waals surface area contributed by atoms with E-state index in [4.69, 9.17) is 9.84 Å². The molecule has 15 heavy (non-hydrogen) atoms. The number of aliphatic hydroxyl groups excluding tert-OH is 1. The summed E-state index contributed by atoms with van der Waals surface area (Å²) < 4.78 is 6.86. The second-order valence-electron chi connectivity index (χ2n) is 3.00. The van der Waals surface area contributed by atoms with E-state index in [9.17, 15) is 4.79 Å². The maximum absolute atomic E-state index is 10.8. The summed E-state index contributed by atoms with van der Waals surface area (Å²) >= 11 is 3.55. The van der Waals surface area contributed by atoms with Crippen molar-refractivity contribution in [3.63, 3.8) is 0 Å². The van der Waals surface area contributed by atoms with E-state index in [1.54, 1.807) is 0 Å². The van der Waals surface area contributed by atoms with Gasteiger partial charge in [-0.1, -0.05) is 43.1 Å². The van der Waals surface area contributed by atoms with E-state index in [1.807, 2.05) is 35.1 Å². The second kappa shape index (κ2) is 6.31. The maximum Gasteiger partial charge on any atom is 0.417 e. The lowest BCUT2D eigenvalue weighted by Crippen LogP contribution is -2.20. The lowest BCUT2D eigenvalue weighted by Gasteiger charge is -2.14. The van der Waals surface area contributed by atoms with E-state index < -0.39 is 6.09 Å². The van der Waals surface area contributed by atoms with Crippen molar-refractivity contribution in [1.29, 1.82) is 0 Å². The Hall–Kier alpha value is -1.20. The maximum atomic E-state index is 10.8. The van der Waals surface area contributed by atoms with Crippen LogP contribution in [0.5, 0.6) is 0 Å². The number of thiol groups is 1. The minimum Gasteiger partial charge on any atom is -0.448 e. The fraction of sp³-hybridized carbons (Fsp3) is 0.300. The smallest absolute Gasteiger partial charge is 0.417 e. The molecule has 0 heterocycles. The number of aliphatic hydroxyl groups is 1. The van der Waals surface area contributed by atoms with Crippen LogP contribution in [-0.2, 0) is 4.74 Å². The quantitative estimate of drug-likeness (QED) is 0.680. The van der Waals surface area contributed by atoms with E-state index in [0.29, 0.717) is 0 Å². The molecule has 0 aliphatic rings. The molecule has 1 aromatic carbocycles. The molecule has 5 heteroatoms. The van der Waals surface area contributed by atoms with Crippen LogP contribution in [-0.4, -0.2) is 24.4 Å². The molecule has 1 aromatic rings. The number of hydrogen-bond acceptors (Lipinski definition) is 4. The van der Waals surface area contributed by atoms with Crippen molar-refractivity contribution < 1.29 is 14.6 Å². The van der Waals surface area contributed by atoms with Crippen molar-refractivity contribution in [3.8, 4) is 0 Å². The van der Waals surface area contributed by atoms with Crippen molar-refractivity contribution in [2.45, 2.75) is 5.92 Å². The molecular weight excluding hydrogens is 214 g/mol. The number of carbonyl (C=O) groups is 1. The molecule has 82 valence electrons. The van der Waals surface area contributed by atoms with Crippen LogP contribution in [0.4, 0.5) is 4.79 Å². The van der Waals surface area contributed by atoms with Crippen molar-refractivity contribution in [2.75, 3.05) is 13.2 Å². The standard InChI is InChI=1S/C10H13NO3S/c12-6-9(7-14-10(13)11-15)8-4-2-1-3-5-8/h1-5,9,12,15H,6-7H2,(H,11,13). The highest BCUT2D eigenvalue weighted by Gasteiger charge is 2.12. The fourth-order valence-electron chi connectivity index (χ4n) is 1.19. The molecule has 1 amide bonds. The van der Waals surface area contributed by atoms with Crippen molar-refractivity contribution in [1.82, 2.24) is 4.72 Å². The molecule has 4 nitrogen and oxygen atoms in total. The van der Waals surface area contributed by atoms with Gasteiger partial charge in [0.25, 0.3) is 0 Å². The fourth-order valence-corrected chi connectivity index (χ4v) is 1.25. The number of ether oxygens (including phenoxy) is 1. The van der Waals surface area contributed by atoms with Crippen LogP contribution in [0.25, 0.3) is 0 Å². The van der Waals surface area contributed by atoms with Crippen LogP contribution < -0.4 is 4.72 Å². The van der Waals surface area contributed by atoms with Crippen LogP contribution in [0, 0.1) is 0 Å². The first kappa shape index (κ1) is 11.9. The predicted octanol–water partition coefficient (Wildman–Crippen LogP) is 1.33. The van der Waals surface area contributed by atoms with Crippen molar-refractivity contribution in [3.05, 3.63) is 35.9 Å². The highest BCUT2D eigenvalue weighted by atomic mass is 32.1. The Balaban J connectivity index is 2.53. The number of amides is 1. The predicted molar refractivity (Wildman–Crippen MR) is 59.7 cm³/mol. The number of benzene rings is 1. The number of nitrogens with one attached hydrogen (secondary N) is 1. The van der Waals surface area contributed by atoms with E-state index in [0.717, 1.165) is 5.56 Å². The Bertz CT molecular complexity index is 305. The third-order valence-electron chi connectivity index (χ3n) is 2.00. The molecular formula is C10H13NO3S. The Labute approximate surface area is 93.8 Å². The molecule has 1 rings (SSSR count). The van der Waals surface area contributed by atoms with Gasteiger partial charge in [0.2, 0.25) is 0 Å². The Morgan fingerprint density at radius 1 is 1.47 bits per heavy atom. The molecule has 0 aliphatic heterocycles. The Kier molecular flexibility index (Phi) is 5.00. The summed E-state index contributed by atoms with van der Waals surface area (Å²) in [5.41, 5.74) is 0.937. The van der Waals surface area contributed by atoms with Gasteiger partial charge in [-0.2, -0.15) is 0 Å². The number of hydrogen-bond donors (Lipinski definition) is 3. The van der Waals surface area contributed by atoms with Gasteiger partial charge in [0.1, 0.15) is 6.61 Å². The molecule has 0 saturated heterocycles. The zero-order valence-corrected chi connectivity index (χ0v) is 8.98. The molecule has 2 N–H and O–H groups in total. The first-order chi connectivity index (χ1) is 7.27. The van der Waals surface area contributed by atoms with Gasteiger partial charge in [-0.15, -0.1) is 0 Å². The molecule has 0 aromatic heterocycles. The SMILES string of the molecule is O=C(NS)OCC(CO)c1ccccc1. The summed E-state index contributed by atoms with van der Waals surface area (Å²) in [6.45, 7) is 0.0662. The lowest BCUT2D eigenvalue weighted by atomic mass is 10.0. The molecule has 0 bridgehead atoms. The summed E-state index contributed by atoms with van der Waals surface area (Å²) in [4.78, 5) is 10.8. The average molecular weight is 227 g/mol. The van der Waals surface area contributed by atoms with Crippen molar-refractivity contribution in [2.24, 2.45) is 0 Å². The molecule has 1 atom stereocenters.